The van der Waals surface area contributed by atoms with Gasteiger partial charge in [0, 0.05) is 49.4 Å². The summed E-state index contributed by atoms with van der Waals surface area (Å²) in [5, 5.41) is 12.4. The highest BCUT2D eigenvalue weighted by Gasteiger charge is 2.37. The maximum absolute atomic E-state index is 13.3. The highest BCUT2D eigenvalue weighted by molar-refractivity contribution is 7.21. The summed E-state index contributed by atoms with van der Waals surface area (Å²) in [6.45, 7) is 5.34. The first kappa shape index (κ1) is 37.2. The van der Waals surface area contributed by atoms with Gasteiger partial charge in [0.15, 0.2) is 0 Å². The predicted molar refractivity (Wildman–Crippen MR) is 176 cm³/mol. The first-order valence-corrected chi connectivity index (χ1v) is 16.7. The van der Waals surface area contributed by atoms with Crippen molar-refractivity contribution in [3.63, 3.8) is 0 Å². The number of hydrogen-bond acceptors (Lipinski definition) is 5. The molecule has 260 valence electrons. The van der Waals surface area contributed by atoms with Gasteiger partial charge < -0.3 is 14.9 Å². The first-order valence-electron chi connectivity index (χ1n) is 15.0. The van der Waals surface area contributed by atoms with E-state index >= 15 is 0 Å². The second-order valence-electron chi connectivity index (χ2n) is 11.8. The number of likely N-dealkylation sites (tertiary alicyclic amines) is 2. The number of fused-ring (bicyclic) bond motifs is 2. The molecule has 1 N–H and O–H groups in total. The van der Waals surface area contributed by atoms with Crippen LogP contribution in [-0.4, -0.2) is 58.9 Å². The van der Waals surface area contributed by atoms with Gasteiger partial charge in [0.2, 0.25) is 11.8 Å². The lowest BCUT2D eigenvalue weighted by Crippen LogP contribution is -2.36. The van der Waals surface area contributed by atoms with Crippen molar-refractivity contribution in [2.24, 2.45) is 0 Å². The molecule has 4 aromatic rings. The molecule has 2 aliphatic heterocycles. The van der Waals surface area contributed by atoms with Crippen LogP contribution in [0.5, 0.6) is 0 Å². The molecule has 2 amide bonds. The number of halogens is 6. The van der Waals surface area contributed by atoms with Gasteiger partial charge in [-0.15, -0.1) is 22.7 Å². The Balaban J connectivity index is 0.000000214. The standard InChI is InChI=1S/C17H16F3NO3S.C16H16F3NOS.CH4/c1-9(22)21-7-5-10(6-8-21)13-11-3-2-4-12(17(18,19)20)14(11)25-15(13)16(23)24;1-10(21)20-7-5-11(6-8-20)13-9-22-15-12(13)3-2-4-14(15)16(17,18)19;/h2-4,10H,5-8H2,1H3,(H,23,24);2-4,9,11H,5-8H2,1H3;1H4. The van der Waals surface area contributed by atoms with E-state index < -0.39 is 29.4 Å². The van der Waals surface area contributed by atoms with E-state index in [1.807, 2.05) is 5.38 Å². The zero-order valence-electron chi connectivity index (χ0n) is 25.5. The van der Waals surface area contributed by atoms with Gasteiger partial charge >= 0.3 is 18.3 Å². The van der Waals surface area contributed by atoms with Crippen LogP contribution in [0.15, 0.2) is 41.8 Å². The van der Waals surface area contributed by atoms with E-state index in [9.17, 15) is 45.8 Å². The zero-order chi connectivity index (χ0) is 34.3. The van der Waals surface area contributed by atoms with E-state index in [1.54, 1.807) is 28.9 Å². The number of amides is 2. The van der Waals surface area contributed by atoms with Crippen LogP contribution in [0.3, 0.4) is 0 Å². The van der Waals surface area contributed by atoms with Crippen molar-refractivity contribution in [2.45, 2.75) is 71.1 Å². The molecule has 0 saturated carbocycles. The third kappa shape index (κ3) is 7.64. The minimum absolute atomic E-state index is 0. The van der Waals surface area contributed by atoms with Crippen molar-refractivity contribution in [3.8, 4) is 0 Å². The molecule has 6 rings (SSSR count). The molecule has 2 aromatic carbocycles. The van der Waals surface area contributed by atoms with Crippen LogP contribution in [0.2, 0.25) is 0 Å². The molecule has 48 heavy (non-hydrogen) atoms. The SMILES string of the molecule is C.CC(=O)N1CCC(c2c(C(=O)O)sc3c(C(F)(F)F)cccc23)CC1.CC(=O)N1CCC(c2csc3c(C(F)(F)F)cccc23)CC1. The Hall–Kier alpha value is -3.65. The minimum Gasteiger partial charge on any atom is -0.477 e. The number of carbonyl (C=O) groups is 3. The molecule has 0 spiro atoms. The number of carboxylic acids is 1. The number of piperidine rings is 2. The van der Waals surface area contributed by atoms with Gasteiger partial charge in [0.1, 0.15) is 4.88 Å². The molecule has 0 radical (unpaired) electrons. The largest absolute Gasteiger partial charge is 0.477 e. The fraction of sp³-hybridized carbons (Fsp3) is 0.441. The Morgan fingerprint density at radius 2 is 1.19 bits per heavy atom. The molecule has 2 fully saturated rings. The summed E-state index contributed by atoms with van der Waals surface area (Å²) in [6.07, 6.45) is -6.15. The van der Waals surface area contributed by atoms with E-state index in [4.69, 9.17) is 0 Å². The van der Waals surface area contributed by atoms with Crippen molar-refractivity contribution < 1.29 is 45.8 Å². The smallest absolute Gasteiger partial charge is 0.417 e. The van der Waals surface area contributed by atoms with Gasteiger partial charge in [-0.1, -0.05) is 31.7 Å². The molecular formula is C34H36F6N2O4S2. The lowest BCUT2D eigenvalue weighted by Gasteiger charge is -2.31. The van der Waals surface area contributed by atoms with Gasteiger partial charge in [-0.3, -0.25) is 9.59 Å². The van der Waals surface area contributed by atoms with Gasteiger partial charge in [0.25, 0.3) is 0 Å². The molecule has 6 nitrogen and oxygen atoms in total. The topological polar surface area (TPSA) is 77.9 Å². The normalized spacial score (nSPS) is 16.4. The van der Waals surface area contributed by atoms with Crippen LogP contribution in [0, 0.1) is 0 Å². The Morgan fingerprint density at radius 3 is 1.65 bits per heavy atom. The fourth-order valence-electron chi connectivity index (χ4n) is 6.53. The monoisotopic (exact) mass is 714 g/mol. The van der Waals surface area contributed by atoms with Gasteiger partial charge in [-0.25, -0.2) is 4.79 Å². The lowest BCUT2D eigenvalue weighted by atomic mass is 9.87. The predicted octanol–water partition coefficient (Wildman–Crippen LogP) is 9.63. The highest BCUT2D eigenvalue weighted by Crippen LogP contribution is 2.46. The Labute approximate surface area is 281 Å². The van der Waals surface area contributed by atoms with Crippen LogP contribution in [0.1, 0.15) is 90.7 Å². The maximum atomic E-state index is 13.3. The molecule has 0 bridgehead atoms. The molecule has 2 aromatic heterocycles. The van der Waals surface area contributed by atoms with E-state index in [0.717, 1.165) is 30.5 Å². The number of aromatic carboxylic acids is 1. The average molecular weight is 715 g/mol. The number of alkyl halides is 6. The third-order valence-corrected chi connectivity index (χ3v) is 11.2. The number of rotatable bonds is 3. The number of nitrogens with zero attached hydrogens (tertiary/aromatic N) is 2. The van der Waals surface area contributed by atoms with E-state index in [1.165, 1.54) is 30.4 Å². The lowest BCUT2D eigenvalue weighted by molar-refractivity contribution is -0.137. The Morgan fingerprint density at radius 1 is 0.729 bits per heavy atom. The van der Waals surface area contributed by atoms with Gasteiger partial charge in [-0.05, 0) is 76.9 Å². The van der Waals surface area contributed by atoms with Crippen LogP contribution >= 0.6 is 22.7 Å². The fourth-order valence-corrected chi connectivity index (χ4v) is 8.98. The summed E-state index contributed by atoms with van der Waals surface area (Å²) < 4.78 is 79.3. The van der Waals surface area contributed by atoms with E-state index in [-0.39, 0.29) is 40.7 Å². The van der Waals surface area contributed by atoms with Crippen molar-refractivity contribution in [1.82, 2.24) is 9.80 Å². The van der Waals surface area contributed by atoms with Crippen LogP contribution < -0.4 is 0 Å². The summed E-state index contributed by atoms with van der Waals surface area (Å²) >= 11 is 1.85. The van der Waals surface area contributed by atoms with Gasteiger partial charge in [0.05, 0.1) is 11.1 Å². The number of hydrogen-bond donors (Lipinski definition) is 1. The van der Waals surface area contributed by atoms with Crippen molar-refractivity contribution >= 4 is 60.6 Å². The first-order chi connectivity index (χ1) is 22.1. The number of carboxylic acid groups (broad SMARTS) is 1. The molecular weight excluding hydrogens is 679 g/mol. The average Bonchev–Trinajstić information content (AvgIpc) is 3.63. The number of benzene rings is 2. The van der Waals surface area contributed by atoms with Crippen LogP contribution in [0.25, 0.3) is 20.2 Å². The summed E-state index contributed by atoms with van der Waals surface area (Å²) in [4.78, 5) is 37.9. The Kier molecular flexibility index (Phi) is 11.2. The molecule has 14 heteroatoms. The second-order valence-corrected chi connectivity index (χ2v) is 13.7. The van der Waals surface area contributed by atoms with E-state index in [0.29, 0.717) is 71.4 Å². The second kappa shape index (κ2) is 14.5. The zero-order valence-corrected chi connectivity index (χ0v) is 27.1. The van der Waals surface area contributed by atoms with Crippen molar-refractivity contribution in [1.29, 1.82) is 0 Å². The van der Waals surface area contributed by atoms with Gasteiger partial charge in [-0.2, -0.15) is 26.3 Å². The maximum Gasteiger partial charge on any atom is 0.417 e. The molecule has 0 unspecified atom stereocenters. The summed E-state index contributed by atoms with van der Waals surface area (Å²) in [6, 6.07) is 8.24. The molecule has 4 heterocycles. The van der Waals surface area contributed by atoms with E-state index in [2.05, 4.69) is 0 Å². The van der Waals surface area contributed by atoms with Crippen molar-refractivity contribution in [3.05, 3.63) is 68.9 Å². The number of thiophene rings is 2. The summed E-state index contributed by atoms with van der Waals surface area (Å²) in [7, 11) is 0. The third-order valence-electron chi connectivity index (χ3n) is 8.92. The van der Waals surface area contributed by atoms with Crippen LogP contribution in [-0.2, 0) is 21.9 Å². The summed E-state index contributed by atoms with van der Waals surface area (Å²) in [5.74, 6) is -1.13. The number of carbonyl (C=O) groups excluding carboxylic acids is 2. The highest BCUT2D eigenvalue weighted by atomic mass is 32.1. The summed E-state index contributed by atoms with van der Waals surface area (Å²) in [5.41, 5.74) is 0.114. The van der Waals surface area contributed by atoms with Crippen LogP contribution in [0.4, 0.5) is 26.3 Å². The van der Waals surface area contributed by atoms with Crippen molar-refractivity contribution in [2.75, 3.05) is 26.2 Å². The molecule has 2 saturated heterocycles. The molecule has 0 atom stereocenters. The minimum atomic E-state index is -4.53. The molecule has 2 aliphatic rings. The Bertz CT molecular complexity index is 1800. The quantitative estimate of drug-likeness (QED) is 0.215. The molecule has 0 aliphatic carbocycles.